The minimum absolute atomic E-state index is 0.361. The van der Waals surface area contributed by atoms with Gasteiger partial charge in [0.15, 0.2) is 5.96 Å². The van der Waals surface area contributed by atoms with Crippen LogP contribution in [0, 0.1) is 0 Å². The van der Waals surface area contributed by atoms with Gasteiger partial charge in [-0.2, -0.15) is 0 Å². The van der Waals surface area contributed by atoms with Crippen molar-refractivity contribution < 1.29 is 4.74 Å². The molecule has 0 amide bonds. The van der Waals surface area contributed by atoms with Gasteiger partial charge in [-0.3, -0.25) is 0 Å². The van der Waals surface area contributed by atoms with E-state index >= 15 is 0 Å². The lowest BCUT2D eigenvalue weighted by Crippen LogP contribution is -2.44. The fourth-order valence-electron chi connectivity index (χ4n) is 1.71. The third-order valence-corrected chi connectivity index (χ3v) is 2.73. The smallest absolute Gasteiger partial charge is 0.191 e. The molecule has 1 saturated carbocycles. The van der Waals surface area contributed by atoms with Crippen LogP contribution >= 0.6 is 0 Å². The lowest BCUT2D eigenvalue weighted by molar-refractivity contribution is 0.124. The Bertz CT molecular complexity index is 225. The second-order valence-corrected chi connectivity index (χ2v) is 4.19. The first-order valence-electron chi connectivity index (χ1n) is 5.45. The maximum atomic E-state index is 5.97. The molecule has 2 aliphatic rings. The zero-order valence-electron chi connectivity index (χ0n) is 8.78. The van der Waals surface area contributed by atoms with Crippen LogP contribution in [0.1, 0.15) is 26.2 Å². The molecule has 1 aliphatic carbocycles. The molecule has 14 heavy (non-hydrogen) atoms. The van der Waals surface area contributed by atoms with Crippen LogP contribution in [0.5, 0.6) is 0 Å². The molecule has 80 valence electrons. The first kappa shape index (κ1) is 9.77. The average Bonchev–Trinajstić information content (AvgIpc) is 2.93. The van der Waals surface area contributed by atoms with E-state index < -0.39 is 0 Å². The molecule has 1 saturated heterocycles. The molecule has 0 aromatic carbocycles. The predicted molar refractivity (Wildman–Crippen MR) is 56.2 cm³/mol. The molecule has 4 nitrogen and oxygen atoms in total. The van der Waals surface area contributed by atoms with Crippen LogP contribution in [0.4, 0.5) is 0 Å². The number of aliphatic imine (C=N–C) groups is 1. The van der Waals surface area contributed by atoms with Crippen molar-refractivity contribution in [2.45, 2.75) is 38.3 Å². The fraction of sp³-hybridized carbons (Fsp3) is 0.900. The van der Waals surface area contributed by atoms with Crippen molar-refractivity contribution in [2.24, 2.45) is 10.7 Å². The standard InChI is InChI=1S/C10H19N3O/c1-8-7-14-6-2-5-13(8)10(11)12-9-3-4-9/h8-9H,2-7H2,1H3,(H2,11,12). The van der Waals surface area contributed by atoms with Gasteiger partial charge < -0.3 is 15.4 Å². The third kappa shape index (κ3) is 2.38. The summed E-state index contributed by atoms with van der Waals surface area (Å²) in [4.78, 5) is 6.64. The van der Waals surface area contributed by atoms with Crippen LogP contribution in [0.25, 0.3) is 0 Å². The van der Waals surface area contributed by atoms with Crippen molar-refractivity contribution >= 4 is 5.96 Å². The second-order valence-electron chi connectivity index (χ2n) is 4.19. The van der Waals surface area contributed by atoms with Crippen LogP contribution in [0.15, 0.2) is 4.99 Å². The number of hydrogen-bond donors (Lipinski definition) is 1. The molecule has 1 aliphatic heterocycles. The summed E-state index contributed by atoms with van der Waals surface area (Å²) in [5.74, 6) is 0.713. The van der Waals surface area contributed by atoms with E-state index in [1.807, 2.05) is 0 Å². The van der Waals surface area contributed by atoms with Crippen LogP contribution in [-0.2, 0) is 4.74 Å². The SMILES string of the molecule is CC1COCCCN1C(N)=NC1CC1. The van der Waals surface area contributed by atoms with Crippen molar-refractivity contribution in [3.63, 3.8) is 0 Å². The summed E-state index contributed by atoms with van der Waals surface area (Å²) < 4.78 is 5.46. The van der Waals surface area contributed by atoms with Crippen LogP contribution < -0.4 is 5.73 Å². The summed E-state index contributed by atoms with van der Waals surface area (Å²) in [6.45, 7) is 4.72. The first-order valence-corrected chi connectivity index (χ1v) is 5.45. The summed E-state index contributed by atoms with van der Waals surface area (Å²) in [5.41, 5.74) is 5.97. The number of nitrogens with two attached hydrogens (primary N) is 1. The highest BCUT2D eigenvalue weighted by atomic mass is 16.5. The summed E-state index contributed by atoms with van der Waals surface area (Å²) in [6, 6.07) is 0.867. The largest absolute Gasteiger partial charge is 0.379 e. The van der Waals surface area contributed by atoms with Gasteiger partial charge in [0, 0.05) is 13.2 Å². The Morgan fingerprint density at radius 1 is 1.50 bits per heavy atom. The van der Waals surface area contributed by atoms with Crippen LogP contribution in [-0.4, -0.2) is 42.7 Å². The molecule has 0 aromatic heterocycles. The zero-order valence-corrected chi connectivity index (χ0v) is 8.78. The minimum atomic E-state index is 0.361. The molecule has 1 unspecified atom stereocenters. The Hall–Kier alpha value is -0.770. The van der Waals surface area contributed by atoms with Gasteiger partial charge in [0.05, 0.1) is 18.7 Å². The predicted octanol–water partition coefficient (Wildman–Crippen LogP) is 0.574. The summed E-state index contributed by atoms with van der Waals surface area (Å²) in [6.07, 6.45) is 3.46. The molecular formula is C10H19N3O. The van der Waals surface area contributed by atoms with E-state index in [1.54, 1.807) is 0 Å². The Morgan fingerprint density at radius 3 is 3.00 bits per heavy atom. The van der Waals surface area contributed by atoms with E-state index in [0.29, 0.717) is 18.0 Å². The molecule has 2 fully saturated rings. The van der Waals surface area contributed by atoms with E-state index in [9.17, 15) is 0 Å². The summed E-state index contributed by atoms with van der Waals surface area (Å²) in [5, 5.41) is 0. The van der Waals surface area contributed by atoms with E-state index in [2.05, 4.69) is 16.8 Å². The van der Waals surface area contributed by atoms with E-state index in [-0.39, 0.29) is 0 Å². The van der Waals surface area contributed by atoms with Gasteiger partial charge in [-0.15, -0.1) is 0 Å². The van der Waals surface area contributed by atoms with Gasteiger partial charge in [0.2, 0.25) is 0 Å². The van der Waals surface area contributed by atoms with Crippen LogP contribution in [0.2, 0.25) is 0 Å². The molecule has 1 atom stereocenters. The van der Waals surface area contributed by atoms with Gasteiger partial charge in [-0.25, -0.2) is 4.99 Å². The number of ether oxygens (including phenoxy) is 1. The van der Waals surface area contributed by atoms with Gasteiger partial charge in [-0.1, -0.05) is 0 Å². The quantitative estimate of drug-likeness (QED) is 0.494. The Balaban J connectivity index is 1.97. The molecule has 4 heteroatoms. The normalized spacial score (nSPS) is 30.2. The monoisotopic (exact) mass is 197 g/mol. The second kappa shape index (κ2) is 4.17. The highest BCUT2D eigenvalue weighted by Gasteiger charge is 2.24. The molecule has 0 aromatic rings. The molecular weight excluding hydrogens is 178 g/mol. The molecule has 1 heterocycles. The molecule has 0 bridgehead atoms. The number of guanidine groups is 1. The van der Waals surface area contributed by atoms with Gasteiger partial charge in [0.1, 0.15) is 0 Å². The van der Waals surface area contributed by atoms with E-state index in [1.165, 1.54) is 12.8 Å². The number of nitrogens with zero attached hydrogens (tertiary/aromatic N) is 2. The fourth-order valence-corrected chi connectivity index (χ4v) is 1.71. The van der Waals surface area contributed by atoms with Crippen molar-refractivity contribution in [1.29, 1.82) is 0 Å². The lowest BCUT2D eigenvalue weighted by Gasteiger charge is -2.27. The molecule has 2 N–H and O–H groups in total. The Morgan fingerprint density at radius 2 is 2.29 bits per heavy atom. The van der Waals surface area contributed by atoms with E-state index in [4.69, 9.17) is 10.5 Å². The van der Waals surface area contributed by atoms with Gasteiger partial charge >= 0.3 is 0 Å². The maximum absolute atomic E-state index is 5.97. The maximum Gasteiger partial charge on any atom is 0.191 e. The first-order chi connectivity index (χ1) is 6.77. The molecule has 0 radical (unpaired) electrons. The number of hydrogen-bond acceptors (Lipinski definition) is 2. The number of rotatable bonds is 1. The highest BCUT2D eigenvalue weighted by Crippen LogP contribution is 2.23. The topological polar surface area (TPSA) is 50.9 Å². The lowest BCUT2D eigenvalue weighted by atomic mass is 10.3. The van der Waals surface area contributed by atoms with E-state index in [0.717, 1.165) is 26.2 Å². The molecule has 0 spiro atoms. The summed E-state index contributed by atoms with van der Waals surface area (Å²) >= 11 is 0. The van der Waals surface area contributed by atoms with Crippen LogP contribution in [0.3, 0.4) is 0 Å². The zero-order chi connectivity index (χ0) is 9.97. The van der Waals surface area contributed by atoms with Crippen molar-refractivity contribution in [2.75, 3.05) is 19.8 Å². The van der Waals surface area contributed by atoms with Gasteiger partial charge in [-0.05, 0) is 26.2 Å². The summed E-state index contributed by atoms with van der Waals surface area (Å²) in [7, 11) is 0. The Labute approximate surface area is 85.1 Å². The van der Waals surface area contributed by atoms with Crippen molar-refractivity contribution in [3.05, 3.63) is 0 Å². The van der Waals surface area contributed by atoms with Crippen molar-refractivity contribution in [1.82, 2.24) is 4.90 Å². The Kier molecular flexibility index (Phi) is 2.91. The third-order valence-electron chi connectivity index (χ3n) is 2.73. The highest BCUT2D eigenvalue weighted by molar-refractivity contribution is 5.78. The van der Waals surface area contributed by atoms with Crippen molar-refractivity contribution in [3.8, 4) is 0 Å². The average molecular weight is 197 g/mol. The van der Waals surface area contributed by atoms with Gasteiger partial charge in [0.25, 0.3) is 0 Å². The minimum Gasteiger partial charge on any atom is -0.379 e. The molecule has 2 rings (SSSR count).